The normalized spacial score (nSPS) is 31.3. The molecule has 0 aromatic carbocycles. The van der Waals surface area contributed by atoms with Crippen LogP contribution in [-0.2, 0) is 4.74 Å². The van der Waals surface area contributed by atoms with Crippen molar-refractivity contribution in [2.45, 2.75) is 76.9 Å². The van der Waals surface area contributed by atoms with Gasteiger partial charge in [0.2, 0.25) is 0 Å². The minimum absolute atomic E-state index is 0.163. The smallest absolute Gasteiger partial charge is 0.0589 e. The molecule has 0 radical (unpaired) electrons. The first-order valence-corrected chi connectivity index (χ1v) is 8.24. The molecule has 2 atom stereocenters. The summed E-state index contributed by atoms with van der Waals surface area (Å²) in [6, 6.07) is 0.593. The summed E-state index contributed by atoms with van der Waals surface area (Å²) >= 11 is 0. The number of nitrogens with one attached hydrogen (secondary N) is 1. The summed E-state index contributed by atoms with van der Waals surface area (Å²) < 4.78 is 5.80. The third-order valence-electron chi connectivity index (χ3n) is 4.99. The Bertz CT molecular complexity index is 249. The van der Waals surface area contributed by atoms with Gasteiger partial charge in [0, 0.05) is 31.2 Å². The Labute approximate surface area is 118 Å². The Balaban J connectivity index is 1.76. The van der Waals surface area contributed by atoms with Gasteiger partial charge in [-0.1, -0.05) is 32.6 Å². The lowest BCUT2D eigenvalue weighted by molar-refractivity contribution is -0.00794. The molecule has 0 spiro atoms. The van der Waals surface area contributed by atoms with Gasteiger partial charge in [-0.05, 0) is 32.1 Å². The van der Waals surface area contributed by atoms with Gasteiger partial charge in [-0.2, -0.15) is 0 Å². The van der Waals surface area contributed by atoms with Gasteiger partial charge in [0.1, 0.15) is 0 Å². The lowest BCUT2D eigenvalue weighted by Gasteiger charge is -2.38. The van der Waals surface area contributed by atoms with E-state index < -0.39 is 0 Å². The molecule has 1 saturated heterocycles. The van der Waals surface area contributed by atoms with Gasteiger partial charge in [0.05, 0.1) is 6.10 Å². The fourth-order valence-corrected chi connectivity index (χ4v) is 3.64. The molecular formula is C16H31NO2. The summed E-state index contributed by atoms with van der Waals surface area (Å²) in [5.41, 5.74) is 0.163. The topological polar surface area (TPSA) is 41.5 Å². The first-order valence-electron chi connectivity index (χ1n) is 8.24. The van der Waals surface area contributed by atoms with E-state index in [4.69, 9.17) is 4.74 Å². The van der Waals surface area contributed by atoms with Gasteiger partial charge in [-0.15, -0.1) is 0 Å². The van der Waals surface area contributed by atoms with Crippen molar-refractivity contribution in [3.8, 4) is 0 Å². The summed E-state index contributed by atoms with van der Waals surface area (Å²) in [7, 11) is 0. The largest absolute Gasteiger partial charge is 0.396 e. The molecule has 3 heteroatoms. The minimum Gasteiger partial charge on any atom is -0.396 e. The maximum Gasteiger partial charge on any atom is 0.0589 e. The molecule has 0 bridgehead atoms. The molecule has 19 heavy (non-hydrogen) atoms. The number of rotatable bonds is 6. The summed E-state index contributed by atoms with van der Waals surface area (Å²) in [5.74, 6) is 0. The van der Waals surface area contributed by atoms with Crippen LogP contribution in [0.4, 0.5) is 0 Å². The molecule has 1 saturated carbocycles. The van der Waals surface area contributed by atoms with E-state index >= 15 is 0 Å². The molecule has 1 aliphatic carbocycles. The van der Waals surface area contributed by atoms with E-state index in [0.717, 1.165) is 26.0 Å². The summed E-state index contributed by atoms with van der Waals surface area (Å²) in [6.45, 7) is 4.46. The number of hydrogen-bond acceptors (Lipinski definition) is 3. The van der Waals surface area contributed by atoms with E-state index in [1.165, 1.54) is 44.9 Å². The summed E-state index contributed by atoms with van der Waals surface area (Å²) in [6.07, 6.45) is 11.4. The van der Waals surface area contributed by atoms with Gasteiger partial charge < -0.3 is 15.2 Å². The number of hydrogen-bond donors (Lipinski definition) is 2. The van der Waals surface area contributed by atoms with Gasteiger partial charge in [0.25, 0.3) is 0 Å². The van der Waals surface area contributed by atoms with Gasteiger partial charge >= 0.3 is 0 Å². The lowest BCUT2D eigenvalue weighted by Crippen LogP contribution is -2.46. The number of aliphatic hydroxyl groups is 1. The standard InChI is InChI=1S/C16H31NO2/c1-2-6-15-11-14(7-10-19-15)17-12-16(13-18)8-4-3-5-9-16/h14-15,17-18H,2-13H2,1H3. The predicted molar refractivity (Wildman–Crippen MR) is 78.3 cm³/mol. The van der Waals surface area contributed by atoms with Crippen molar-refractivity contribution in [1.82, 2.24) is 5.32 Å². The molecular weight excluding hydrogens is 238 g/mol. The molecule has 0 aromatic heterocycles. The van der Waals surface area contributed by atoms with Crippen molar-refractivity contribution in [2.75, 3.05) is 19.8 Å². The fraction of sp³-hybridized carbons (Fsp3) is 1.00. The quantitative estimate of drug-likeness (QED) is 0.779. The van der Waals surface area contributed by atoms with E-state index in [1.54, 1.807) is 0 Å². The highest BCUT2D eigenvalue weighted by Crippen LogP contribution is 2.35. The van der Waals surface area contributed by atoms with E-state index in [0.29, 0.717) is 18.8 Å². The van der Waals surface area contributed by atoms with Crippen molar-refractivity contribution in [2.24, 2.45) is 5.41 Å². The van der Waals surface area contributed by atoms with Crippen LogP contribution < -0.4 is 5.32 Å². The van der Waals surface area contributed by atoms with Crippen molar-refractivity contribution < 1.29 is 9.84 Å². The molecule has 112 valence electrons. The highest BCUT2D eigenvalue weighted by molar-refractivity contribution is 4.87. The second-order valence-electron chi connectivity index (χ2n) is 6.60. The average molecular weight is 269 g/mol. The van der Waals surface area contributed by atoms with Crippen LogP contribution in [0.1, 0.15) is 64.7 Å². The third kappa shape index (κ3) is 4.44. The number of ether oxygens (including phenoxy) is 1. The van der Waals surface area contributed by atoms with E-state index in [1.807, 2.05) is 0 Å². The van der Waals surface area contributed by atoms with Crippen LogP contribution >= 0.6 is 0 Å². The molecule has 3 nitrogen and oxygen atoms in total. The van der Waals surface area contributed by atoms with Crippen LogP contribution in [0.25, 0.3) is 0 Å². The van der Waals surface area contributed by atoms with Crippen LogP contribution in [0, 0.1) is 5.41 Å². The lowest BCUT2D eigenvalue weighted by atomic mass is 9.74. The molecule has 0 aromatic rings. The van der Waals surface area contributed by atoms with E-state index in [2.05, 4.69) is 12.2 Å². The zero-order valence-corrected chi connectivity index (χ0v) is 12.5. The van der Waals surface area contributed by atoms with Crippen molar-refractivity contribution in [3.63, 3.8) is 0 Å². The van der Waals surface area contributed by atoms with Crippen LogP contribution in [0.3, 0.4) is 0 Å². The summed E-state index contributed by atoms with van der Waals surface area (Å²) in [4.78, 5) is 0. The van der Waals surface area contributed by atoms with Gasteiger partial charge in [-0.3, -0.25) is 0 Å². The zero-order valence-electron chi connectivity index (χ0n) is 12.5. The molecule has 2 unspecified atom stereocenters. The highest BCUT2D eigenvalue weighted by Gasteiger charge is 2.32. The van der Waals surface area contributed by atoms with Crippen molar-refractivity contribution in [3.05, 3.63) is 0 Å². The monoisotopic (exact) mass is 269 g/mol. The Hall–Kier alpha value is -0.120. The van der Waals surface area contributed by atoms with Crippen molar-refractivity contribution in [1.29, 1.82) is 0 Å². The molecule has 1 heterocycles. The van der Waals surface area contributed by atoms with Crippen LogP contribution in [0.5, 0.6) is 0 Å². The Morgan fingerprint density at radius 3 is 2.74 bits per heavy atom. The predicted octanol–water partition coefficient (Wildman–Crippen LogP) is 2.87. The molecule has 2 N–H and O–H groups in total. The Morgan fingerprint density at radius 1 is 1.26 bits per heavy atom. The highest BCUT2D eigenvalue weighted by atomic mass is 16.5. The second-order valence-corrected chi connectivity index (χ2v) is 6.60. The number of aliphatic hydroxyl groups excluding tert-OH is 1. The van der Waals surface area contributed by atoms with E-state index in [-0.39, 0.29) is 5.41 Å². The average Bonchev–Trinajstić information content (AvgIpc) is 2.47. The molecule has 1 aliphatic heterocycles. The fourth-order valence-electron chi connectivity index (χ4n) is 3.64. The first-order chi connectivity index (χ1) is 9.28. The van der Waals surface area contributed by atoms with Gasteiger partial charge in [0.15, 0.2) is 0 Å². The van der Waals surface area contributed by atoms with Crippen molar-refractivity contribution >= 4 is 0 Å². The SMILES string of the molecule is CCCC1CC(NCC2(CO)CCCCC2)CCO1. The maximum atomic E-state index is 9.74. The summed E-state index contributed by atoms with van der Waals surface area (Å²) in [5, 5.41) is 13.5. The van der Waals surface area contributed by atoms with Crippen LogP contribution in [0.2, 0.25) is 0 Å². The van der Waals surface area contributed by atoms with Crippen LogP contribution in [0.15, 0.2) is 0 Å². The second kappa shape index (κ2) is 7.61. The maximum absolute atomic E-state index is 9.74. The minimum atomic E-state index is 0.163. The molecule has 2 rings (SSSR count). The Kier molecular flexibility index (Phi) is 6.11. The third-order valence-corrected chi connectivity index (χ3v) is 4.99. The Morgan fingerprint density at radius 2 is 2.05 bits per heavy atom. The van der Waals surface area contributed by atoms with Crippen LogP contribution in [-0.4, -0.2) is 37.0 Å². The zero-order chi connectivity index (χ0) is 13.6. The molecule has 2 fully saturated rings. The first kappa shape index (κ1) is 15.3. The van der Waals surface area contributed by atoms with Gasteiger partial charge in [-0.25, -0.2) is 0 Å². The molecule has 0 amide bonds. The van der Waals surface area contributed by atoms with E-state index in [9.17, 15) is 5.11 Å². The molecule has 2 aliphatic rings.